The van der Waals surface area contributed by atoms with Gasteiger partial charge in [-0.2, -0.15) is 0 Å². The van der Waals surface area contributed by atoms with Crippen molar-refractivity contribution in [3.05, 3.63) is 12.2 Å². The molecule has 1 aliphatic heterocycles. The summed E-state index contributed by atoms with van der Waals surface area (Å²) in [6, 6.07) is 0. The maximum atomic E-state index is 9.84. The first-order chi connectivity index (χ1) is 15.2. The highest BCUT2D eigenvalue weighted by Crippen LogP contribution is 2.20. The van der Waals surface area contributed by atoms with Gasteiger partial charge in [-0.25, -0.2) is 0 Å². The van der Waals surface area contributed by atoms with Crippen molar-refractivity contribution >= 4 is 0 Å². The molecule has 0 spiro atoms. The number of aliphatic hydroxyl groups is 3. The van der Waals surface area contributed by atoms with Gasteiger partial charge in [0.2, 0.25) is 0 Å². The van der Waals surface area contributed by atoms with E-state index in [2.05, 4.69) is 19.1 Å². The van der Waals surface area contributed by atoms with Crippen LogP contribution >= 0.6 is 0 Å². The van der Waals surface area contributed by atoms with Crippen LogP contribution in [0.1, 0.15) is 110 Å². The standard InChI is InChI=1S/C26H50O5/c1-2-3-4-5-6-7-8-9-10-11-12-13-14-15-16-17-18-19-20-30-24(21-27)26-25(29)23(28)22-31-26/h15-16,23-29H,2-14,17-22H2,1H3/b16-15+/t23-,24+,25-,26-/m1/s1. The molecule has 1 aliphatic rings. The van der Waals surface area contributed by atoms with Gasteiger partial charge in [-0.1, -0.05) is 89.7 Å². The summed E-state index contributed by atoms with van der Waals surface area (Å²) in [6.45, 7) is 2.68. The third-order valence-electron chi connectivity index (χ3n) is 6.22. The van der Waals surface area contributed by atoms with Gasteiger partial charge in [-0.3, -0.25) is 0 Å². The minimum Gasteiger partial charge on any atom is -0.394 e. The Morgan fingerprint density at radius 1 is 0.806 bits per heavy atom. The van der Waals surface area contributed by atoms with E-state index in [-0.39, 0.29) is 13.2 Å². The van der Waals surface area contributed by atoms with Crippen molar-refractivity contribution in [1.82, 2.24) is 0 Å². The van der Waals surface area contributed by atoms with Crippen LogP contribution in [0.2, 0.25) is 0 Å². The number of rotatable bonds is 21. The van der Waals surface area contributed by atoms with E-state index in [9.17, 15) is 15.3 Å². The van der Waals surface area contributed by atoms with Crippen LogP contribution in [-0.4, -0.2) is 59.6 Å². The van der Waals surface area contributed by atoms with Gasteiger partial charge in [0.15, 0.2) is 0 Å². The first-order valence-corrected chi connectivity index (χ1v) is 13.1. The van der Waals surface area contributed by atoms with Gasteiger partial charge in [0.25, 0.3) is 0 Å². The molecule has 0 radical (unpaired) electrons. The molecular weight excluding hydrogens is 392 g/mol. The second kappa shape index (κ2) is 20.2. The Kier molecular flexibility index (Phi) is 18.6. The van der Waals surface area contributed by atoms with E-state index < -0.39 is 24.4 Å². The summed E-state index contributed by atoms with van der Waals surface area (Å²) in [5.41, 5.74) is 0. The molecule has 3 N–H and O–H groups in total. The molecule has 0 aliphatic carbocycles. The number of allylic oxidation sites excluding steroid dienone is 2. The molecule has 0 saturated carbocycles. The third-order valence-corrected chi connectivity index (χ3v) is 6.22. The fraction of sp³-hybridized carbons (Fsp3) is 0.923. The quantitative estimate of drug-likeness (QED) is 0.166. The SMILES string of the molecule is CCCCCCCCCCCCCC/C=C/CCCCO[C@@H](CO)[C@H]1OC[C@@H](O)[C@H]1O. The molecule has 0 amide bonds. The van der Waals surface area contributed by atoms with Crippen molar-refractivity contribution in [3.8, 4) is 0 Å². The summed E-state index contributed by atoms with van der Waals surface area (Å²) < 4.78 is 11.0. The summed E-state index contributed by atoms with van der Waals surface area (Å²) >= 11 is 0. The minimum atomic E-state index is -0.986. The largest absolute Gasteiger partial charge is 0.394 e. The first kappa shape index (κ1) is 28.6. The van der Waals surface area contributed by atoms with Gasteiger partial charge < -0.3 is 24.8 Å². The van der Waals surface area contributed by atoms with Crippen molar-refractivity contribution in [2.45, 2.75) is 134 Å². The Bertz CT molecular complexity index is 415. The van der Waals surface area contributed by atoms with Crippen molar-refractivity contribution in [2.75, 3.05) is 19.8 Å². The van der Waals surface area contributed by atoms with Gasteiger partial charge in [0.1, 0.15) is 24.4 Å². The summed E-state index contributed by atoms with van der Waals surface area (Å²) in [5.74, 6) is 0. The molecule has 0 aromatic heterocycles. The van der Waals surface area contributed by atoms with Gasteiger partial charge in [0, 0.05) is 6.61 Å². The zero-order valence-corrected chi connectivity index (χ0v) is 20.1. The molecule has 1 fully saturated rings. The maximum Gasteiger partial charge on any atom is 0.114 e. The van der Waals surface area contributed by atoms with Crippen LogP contribution in [0.5, 0.6) is 0 Å². The van der Waals surface area contributed by atoms with Crippen molar-refractivity contribution in [2.24, 2.45) is 0 Å². The van der Waals surface area contributed by atoms with Crippen molar-refractivity contribution in [1.29, 1.82) is 0 Å². The molecule has 1 rings (SSSR count). The maximum absolute atomic E-state index is 9.84. The number of hydrogen-bond acceptors (Lipinski definition) is 5. The number of hydrogen-bond donors (Lipinski definition) is 3. The van der Waals surface area contributed by atoms with Crippen LogP contribution in [0.25, 0.3) is 0 Å². The van der Waals surface area contributed by atoms with Crippen LogP contribution in [0, 0.1) is 0 Å². The zero-order valence-electron chi connectivity index (χ0n) is 20.1. The second-order valence-electron chi connectivity index (χ2n) is 9.09. The lowest BCUT2D eigenvalue weighted by Crippen LogP contribution is -2.42. The minimum absolute atomic E-state index is 0.0929. The van der Waals surface area contributed by atoms with Crippen LogP contribution in [-0.2, 0) is 9.47 Å². The fourth-order valence-electron chi connectivity index (χ4n) is 4.14. The Hall–Kier alpha value is -0.460. The average Bonchev–Trinajstić information content (AvgIpc) is 3.11. The molecule has 31 heavy (non-hydrogen) atoms. The summed E-state index contributed by atoms with van der Waals surface area (Å²) in [6.07, 6.45) is 22.4. The van der Waals surface area contributed by atoms with E-state index in [1.54, 1.807) is 0 Å². The molecule has 0 unspecified atom stereocenters. The zero-order chi connectivity index (χ0) is 22.6. The Morgan fingerprint density at radius 2 is 1.32 bits per heavy atom. The highest BCUT2D eigenvalue weighted by Gasteiger charge is 2.40. The van der Waals surface area contributed by atoms with Crippen molar-refractivity contribution in [3.63, 3.8) is 0 Å². The highest BCUT2D eigenvalue weighted by atomic mass is 16.6. The molecular formula is C26H50O5. The first-order valence-electron chi connectivity index (χ1n) is 13.1. The van der Waals surface area contributed by atoms with Gasteiger partial charge >= 0.3 is 0 Å². The Morgan fingerprint density at radius 3 is 1.81 bits per heavy atom. The lowest BCUT2D eigenvalue weighted by Gasteiger charge is -2.24. The third kappa shape index (κ3) is 14.3. The van der Waals surface area contributed by atoms with E-state index in [1.807, 2.05) is 0 Å². The molecule has 184 valence electrons. The number of ether oxygens (including phenoxy) is 2. The predicted octanol–water partition coefficient (Wildman–Crippen LogP) is 5.30. The lowest BCUT2D eigenvalue weighted by atomic mass is 10.0. The van der Waals surface area contributed by atoms with Gasteiger partial charge in [-0.05, 0) is 32.1 Å². The molecule has 1 saturated heterocycles. The van der Waals surface area contributed by atoms with Gasteiger partial charge in [0.05, 0.1) is 13.2 Å². The summed E-state index contributed by atoms with van der Waals surface area (Å²) in [7, 11) is 0. The van der Waals surface area contributed by atoms with E-state index in [4.69, 9.17) is 9.47 Å². The molecule has 0 aromatic carbocycles. The second-order valence-corrected chi connectivity index (χ2v) is 9.09. The Balaban J connectivity index is 1.83. The molecule has 5 heteroatoms. The molecule has 1 heterocycles. The monoisotopic (exact) mass is 442 g/mol. The van der Waals surface area contributed by atoms with E-state index in [1.165, 1.54) is 83.5 Å². The summed E-state index contributed by atoms with van der Waals surface area (Å²) in [4.78, 5) is 0. The van der Waals surface area contributed by atoms with Crippen molar-refractivity contribution < 1.29 is 24.8 Å². The summed E-state index contributed by atoms with van der Waals surface area (Å²) in [5, 5.41) is 28.8. The van der Waals surface area contributed by atoms with E-state index in [0.29, 0.717) is 6.61 Å². The van der Waals surface area contributed by atoms with Crippen LogP contribution in [0.3, 0.4) is 0 Å². The lowest BCUT2D eigenvalue weighted by molar-refractivity contribution is -0.101. The van der Waals surface area contributed by atoms with Crippen LogP contribution < -0.4 is 0 Å². The topological polar surface area (TPSA) is 79.2 Å². The van der Waals surface area contributed by atoms with Gasteiger partial charge in [-0.15, -0.1) is 0 Å². The van der Waals surface area contributed by atoms with Crippen LogP contribution in [0.4, 0.5) is 0 Å². The molecule has 4 atom stereocenters. The normalized spacial score (nSPS) is 22.5. The highest BCUT2D eigenvalue weighted by molar-refractivity contribution is 4.88. The number of unbranched alkanes of at least 4 members (excludes halogenated alkanes) is 14. The molecule has 5 nitrogen and oxygen atoms in total. The smallest absolute Gasteiger partial charge is 0.114 e. The average molecular weight is 443 g/mol. The van der Waals surface area contributed by atoms with E-state index in [0.717, 1.165) is 19.3 Å². The fourth-order valence-corrected chi connectivity index (χ4v) is 4.14. The molecule has 0 aromatic rings. The molecule has 0 bridgehead atoms. The Labute approximate surface area is 191 Å². The number of aliphatic hydroxyl groups excluding tert-OH is 3. The predicted molar refractivity (Wildman–Crippen MR) is 127 cm³/mol. The van der Waals surface area contributed by atoms with E-state index >= 15 is 0 Å². The van der Waals surface area contributed by atoms with Crippen LogP contribution in [0.15, 0.2) is 12.2 Å².